The molecular formula is C12H15BrO2. The zero-order valence-corrected chi connectivity index (χ0v) is 10.3. The van der Waals surface area contributed by atoms with E-state index < -0.39 is 5.60 Å². The Morgan fingerprint density at radius 3 is 2.47 bits per heavy atom. The highest BCUT2D eigenvalue weighted by molar-refractivity contribution is 9.09. The molecule has 0 radical (unpaired) electrons. The fourth-order valence-electron chi connectivity index (χ4n) is 1.43. The molecule has 3 heteroatoms. The molecule has 1 N–H and O–H groups in total. The van der Waals surface area contributed by atoms with Crippen LogP contribution < -0.4 is 0 Å². The minimum atomic E-state index is -1.08. The number of hydrogen-bond acceptors (Lipinski definition) is 2. The van der Waals surface area contributed by atoms with E-state index in [-0.39, 0.29) is 12.2 Å². The van der Waals surface area contributed by atoms with E-state index in [2.05, 4.69) is 15.9 Å². The molecule has 2 nitrogen and oxygen atoms in total. The molecule has 0 bridgehead atoms. The van der Waals surface area contributed by atoms with Crippen molar-refractivity contribution in [1.29, 1.82) is 0 Å². The van der Waals surface area contributed by atoms with Crippen molar-refractivity contribution in [2.24, 2.45) is 0 Å². The molecular weight excluding hydrogens is 256 g/mol. The Morgan fingerprint density at radius 2 is 2.00 bits per heavy atom. The zero-order chi connectivity index (χ0) is 11.3. The van der Waals surface area contributed by atoms with E-state index in [1.54, 1.807) is 0 Å². The van der Waals surface area contributed by atoms with Crippen molar-refractivity contribution in [3.8, 4) is 0 Å². The van der Waals surface area contributed by atoms with Gasteiger partial charge in [0, 0.05) is 18.2 Å². The number of ketones is 1. The minimum Gasteiger partial charge on any atom is -0.384 e. The van der Waals surface area contributed by atoms with Crippen LogP contribution in [-0.2, 0) is 10.4 Å². The maximum atomic E-state index is 11.4. The summed E-state index contributed by atoms with van der Waals surface area (Å²) in [5.41, 5.74) is -0.294. The van der Waals surface area contributed by atoms with Crippen molar-refractivity contribution in [1.82, 2.24) is 0 Å². The number of benzene rings is 1. The molecule has 0 heterocycles. The molecule has 1 unspecified atom stereocenters. The van der Waals surface area contributed by atoms with Gasteiger partial charge in [0.2, 0.25) is 0 Å². The Kier molecular flexibility index (Phi) is 4.48. The fourth-order valence-corrected chi connectivity index (χ4v) is 1.95. The molecule has 82 valence electrons. The van der Waals surface area contributed by atoms with Crippen LogP contribution in [0.2, 0.25) is 0 Å². The van der Waals surface area contributed by atoms with Crippen molar-refractivity contribution in [2.75, 3.05) is 5.33 Å². The standard InChI is InChI=1S/C12H15BrO2/c1-2-11(14)8-12(15,9-13)10-6-4-3-5-7-10/h3-7,15H,2,8-9H2,1H3. The lowest BCUT2D eigenvalue weighted by Gasteiger charge is -2.25. The molecule has 1 aromatic rings. The second-order valence-corrected chi connectivity index (χ2v) is 4.16. The largest absolute Gasteiger partial charge is 0.384 e. The summed E-state index contributed by atoms with van der Waals surface area (Å²) in [5.74, 6) is 0.0702. The highest BCUT2D eigenvalue weighted by atomic mass is 79.9. The Morgan fingerprint density at radius 1 is 1.40 bits per heavy atom. The molecule has 0 aliphatic heterocycles. The van der Waals surface area contributed by atoms with Crippen LogP contribution in [0.4, 0.5) is 0 Å². The van der Waals surface area contributed by atoms with Crippen LogP contribution in [-0.4, -0.2) is 16.2 Å². The summed E-state index contributed by atoms with van der Waals surface area (Å²) < 4.78 is 0. The molecule has 1 atom stereocenters. The van der Waals surface area contributed by atoms with Crippen LogP contribution in [0.5, 0.6) is 0 Å². The van der Waals surface area contributed by atoms with Gasteiger partial charge in [0.25, 0.3) is 0 Å². The minimum absolute atomic E-state index is 0.0702. The van der Waals surface area contributed by atoms with Crippen LogP contribution in [0.15, 0.2) is 30.3 Å². The van der Waals surface area contributed by atoms with Gasteiger partial charge in [0.15, 0.2) is 0 Å². The number of carbonyl (C=O) groups excluding carboxylic acids is 1. The number of aliphatic hydroxyl groups is 1. The second-order valence-electron chi connectivity index (χ2n) is 3.60. The molecule has 1 aromatic carbocycles. The number of halogens is 1. The van der Waals surface area contributed by atoms with Crippen molar-refractivity contribution in [2.45, 2.75) is 25.4 Å². The van der Waals surface area contributed by atoms with Gasteiger partial charge in [0.05, 0.1) is 0 Å². The van der Waals surface area contributed by atoms with E-state index in [9.17, 15) is 9.90 Å². The summed E-state index contributed by atoms with van der Waals surface area (Å²) >= 11 is 3.26. The quantitative estimate of drug-likeness (QED) is 0.836. The maximum Gasteiger partial charge on any atom is 0.135 e. The molecule has 0 saturated heterocycles. The predicted molar refractivity (Wildman–Crippen MR) is 64.0 cm³/mol. The molecule has 0 amide bonds. The van der Waals surface area contributed by atoms with Crippen molar-refractivity contribution in [3.63, 3.8) is 0 Å². The average molecular weight is 271 g/mol. The summed E-state index contributed by atoms with van der Waals surface area (Å²) in [6.07, 6.45) is 0.626. The Bertz CT molecular complexity index is 324. The first-order valence-electron chi connectivity index (χ1n) is 4.98. The van der Waals surface area contributed by atoms with E-state index in [0.717, 1.165) is 5.56 Å². The Balaban J connectivity index is 2.90. The molecule has 15 heavy (non-hydrogen) atoms. The highest BCUT2D eigenvalue weighted by Gasteiger charge is 2.29. The zero-order valence-electron chi connectivity index (χ0n) is 8.74. The SMILES string of the molecule is CCC(=O)CC(O)(CBr)c1ccccc1. The molecule has 0 aliphatic rings. The third-order valence-corrected chi connectivity index (χ3v) is 3.34. The molecule has 0 aromatic heterocycles. The summed E-state index contributed by atoms with van der Waals surface area (Å²) in [6, 6.07) is 9.28. The maximum absolute atomic E-state index is 11.4. The topological polar surface area (TPSA) is 37.3 Å². The van der Waals surface area contributed by atoms with Crippen molar-refractivity contribution < 1.29 is 9.90 Å². The lowest BCUT2D eigenvalue weighted by Crippen LogP contribution is -2.30. The van der Waals surface area contributed by atoms with E-state index >= 15 is 0 Å². The Labute approximate surface area is 98.4 Å². The first-order chi connectivity index (χ1) is 7.12. The Hall–Kier alpha value is -0.670. The highest BCUT2D eigenvalue weighted by Crippen LogP contribution is 2.27. The first-order valence-corrected chi connectivity index (χ1v) is 6.10. The van der Waals surface area contributed by atoms with Gasteiger partial charge in [-0.1, -0.05) is 53.2 Å². The number of hydrogen-bond donors (Lipinski definition) is 1. The van der Waals surface area contributed by atoms with E-state index in [1.807, 2.05) is 37.3 Å². The summed E-state index contributed by atoms with van der Waals surface area (Å²) in [4.78, 5) is 11.4. The third-order valence-electron chi connectivity index (χ3n) is 2.42. The fraction of sp³-hybridized carbons (Fsp3) is 0.417. The summed E-state index contributed by atoms with van der Waals surface area (Å²) in [6.45, 7) is 1.81. The lowest BCUT2D eigenvalue weighted by atomic mass is 9.90. The van der Waals surface area contributed by atoms with Gasteiger partial charge >= 0.3 is 0 Å². The monoisotopic (exact) mass is 270 g/mol. The van der Waals surface area contributed by atoms with Crippen LogP contribution in [0.3, 0.4) is 0 Å². The van der Waals surface area contributed by atoms with E-state index in [1.165, 1.54) is 0 Å². The van der Waals surface area contributed by atoms with Gasteiger partial charge in [-0.25, -0.2) is 0 Å². The van der Waals surface area contributed by atoms with Gasteiger partial charge in [-0.3, -0.25) is 4.79 Å². The van der Waals surface area contributed by atoms with Gasteiger partial charge in [-0.2, -0.15) is 0 Å². The molecule has 1 rings (SSSR count). The van der Waals surface area contributed by atoms with Crippen LogP contribution in [0, 0.1) is 0 Å². The van der Waals surface area contributed by atoms with Crippen molar-refractivity contribution in [3.05, 3.63) is 35.9 Å². The lowest BCUT2D eigenvalue weighted by molar-refractivity contribution is -0.123. The summed E-state index contributed by atoms with van der Waals surface area (Å²) in [7, 11) is 0. The summed E-state index contributed by atoms with van der Waals surface area (Å²) in [5, 5.41) is 10.7. The number of alkyl halides is 1. The smallest absolute Gasteiger partial charge is 0.135 e. The van der Waals surface area contributed by atoms with Gasteiger partial charge in [-0.05, 0) is 5.56 Å². The normalized spacial score (nSPS) is 14.6. The van der Waals surface area contributed by atoms with Crippen LogP contribution >= 0.6 is 15.9 Å². The molecule has 0 aliphatic carbocycles. The van der Waals surface area contributed by atoms with Gasteiger partial charge in [-0.15, -0.1) is 0 Å². The number of rotatable bonds is 5. The molecule has 0 saturated carbocycles. The van der Waals surface area contributed by atoms with E-state index in [4.69, 9.17) is 0 Å². The van der Waals surface area contributed by atoms with E-state index in [0.29, 0.717) is 11.8 Å². The number of carbonyl (C=O) groups is 1. The molecule has 0 fully saturated rings. The van der Waals surface area contributed by atoms with Gasteiger partial charge in [0.1, 0.15) is 11.4 Å². The predicted octanol–water partition coefficient (Wildman–Crippen LogP) is 2.64. The van der Waals surface area contributed by atoms with Crippen LogP contribution in [0.1, 0.15) is 25.3 Å². The second kappa shape index (κ2) is 5.42. The first kappa shape index (κ1) is 12.4. The third kappa shape index (κ3) is 3.14. The van der Waals surface area contributed by atoms with Crippen LogP contribution in [0.25, 0.3) is 0 Å². The van der Waals surface area contributed by atoms with Gasteiger partial charge < -0.3 is 5.11 Å². The van der Waals surface area contributed by atoms with Crippen molar-refractivity contribution >= 4 is 21.7 Å². The average Bonchev–Trinajstić information content (AvgIpc) is 2.30. The molecule has 0 spiro atoms. The number of Topliss-reactive ketones (excluding diaryl/α,β-unsaturated/α-hetero) is 1.